The van der Waals surface area contributed by atoms with Gasteiger partial charge in [0.25, 0.3) is 5.56 Å². The molecule has 0 spiro atoms. The molecule has 0 radical (unpaired) electrons. The fourth-order valence-corrected chi connectivity index (χ4v) is 2.98. The van der Waals surface area contributed by atoms with Gasteiger partial charge in [0.1, 0.15) is 0 Å². The Kier molecular flexibility index (Phi) is 4.87. The Morgan fingerprint density at radius 2 is 1.81 bits per heavy atom. The zero-order valence-corrected chi connectivity index (χ0v) is 14.7. The van der Waals surface area contributed by atoms with Gasteiger partial charge in [0.05, 0.1) is 23.8 Å². The van der Waals surface area contributed by atoms with Gasteiger partial charge in [-0.15, -0.1) is 0 Å². The van der Waals surface area contributed by atoms with Crippen molar-refractivity contribution in [2.24, 2.45) is 0 Å². The molecule has 0 saturated carbocycles. The number of nitrogens with one attached hydrogen (secondary N) is 1. The number of rotatable bonds is 6. The molecule has 3 aromatic heterocycles. The van der Waals surface area contributed by atoms with Crippen LogP contribution < -0.4 is 10.9 Å². The minimum atomic E-state index is -0.152. The summed E-state index contributed by atoms with van der Waals surface area (Å²) >= 11 is 0. The van der Waals surface area contributed by atoms with Crippen molar-refractivity contribution in [3.05, 3.63) is 94.8 Å². The first-order chi connectivity index (χ1) is 13.3. The molecule has 0 amide bonds. The summed E-state index contributed by atoms with van der Waals surface area (Å²) < 4.78 is 1.72. The van der Waals surface area contributed by atoms with Crippen LogP contribution in [0, 0.1) is 0 Å². The molecule has 0 saturated heterocycles. The van der Waals surface area contributed by atoms with Gasteiger partial charge in [-0.25, -0.2) is 4.98 Å². The second-order valence-corrected chi connectivity index (χ2v) is 6.20. The van der Waals surface area contributed by atoms with E-state index in [1.807, 2.05) is 54.6 Å². The highest BCUT2D eigenvalue weighted by Crippen LogP contribution is 2.13. The topological polar surface area (TPSA) is 72.7 Å². The number of nitrogens with zero attached hydrogens (tertiary/aromatic N) is 4. The third-order valence-electron chi connectivity index (χ3n) is 4.33. The van der Waals surface area contributed by atoms with Gasteiger partial charge in [-0.3, -0.25) is 19.3 Å². The normalized spacial score (nSPS) is 10.8. The first kappa shape index (κ1) is 16.9. The summed E-state index contributed by atoms with van der Waals surface area (Å²) in [6.45, 7) is 1.06. The van der Waals surface area contributed by atoms with E-state index in [2.05, 4.69) is 20.3 Å². The lowest BCUT2D eigenvalue weighted by molar-refractivity contribution is 0.784. The van der Waals surface area contributed by atoms with E-state index in [0.717, 1.165) is 28.7 Å². The molecule has 3 heterocycles. The van der Waals surface area contributed by atoms with E-state index in [4.69, 9.17) is 0 Å². The van der Waals surface area contributed by atoms with Crippen molar-refractivity contribution in [1.82, 2.24) is 19.5 Å². The molecule has 4 aromatic rings. The van der Waals surface area contributed by atoms with Crippen molar-refractivity contribution in [3.8, 4) is 0 Å². The highest BCUT2D eigenvalue weighted by Gasteiger charge is 2.11. The van der Waals surface area contributed by atoms with Crippen LogP contribution in [0.15, 0.2) is 78.0 Å². The first-order valence-electron chi connectivity index (χ1n) is 8.83. The monoisotopic (exact) mass is 357 g/mol. The molecule has 0 aliphatic rings. The van der Waals surface area contributed by atoms with Crippen LogP contribution >= 0.6 is 0 Å². The fraction of sp³-hybridized carbons (Fsp3) is 0.143. The number of benzene rings is 1. The number of hydrogen-bond acceptors (Lipinski definition) is 5. The van der Waals surface area contributed by atoms with E-state index >= 15 is 0 Å². The highest BCUT2D eigenvalue weighted by atomic mass is 16.1. The van der Waals surface area contributed by atoms with Gasteiger partial charge in [0, 0.05) is 31.1 Å². The van der Waals surface area contributed by atoms with Gasteiger partial charge in [0.15, 0.2) is 5.82 Å². The van der Waals surface area contributed by atoms with Crippen molar-refractivity contribution in [3.63, 3.8) is 0 Å². The third-order valence-corrected chi connectivity index (χ3v) is 4.33. The van der Waals surface area contributed by atoms with Gasteiger partial charge in [-0.05, 0) is 23.8 Å². The van der Waals surface area contributed by atoms with Crippen molar-refractivity contribution in [1.29, 1.82) is 0 Å². The molecule has 0 atom stereocenters. The van der Waals surface area contributed by atoms with Crippen LogP contribution in [0.2, 0.25) is 0 Å². The second-order valence-electron chi connectivity index (χ2n) is 6.20. The molecule has 0 bridgehead atoms. The first-order valence-corrected chi connectivity index (χ1v) is 8.83. The lowest BCUT2D eigenvalue weighted by atomic mass is 10.2. The Morgan fingerprint density at radius 1 is 0.963 bits per heavy atom. The maximum atomic E-state index is 13.0. The van der Waals surface area contributed by atoms with E-state index in [1.165, 1.54) is 0 Å². The molecule has 27 heavy (non-hydrogen) atoms. The van der Waals surface area contributed by atoms with Gasteiger partial charge in [-0.1, -0.05) is 36.4 Å². The zero-order chi connectivity index (χ0) is 18.5. The maximum Gasteiger partial charge on any atom is 0.294 e. The maximum absolute atomic E-state index is 13.0. The number of hydrogen-bond donors (Lipinski definition) is 1. The summed E-state index contributed by atoms with van der Waals surface area (Å²) in [4.78, 5) is 26.0. The molecule has 0 unspecified atom stereocenters. The SMILES string of the molecule is O=c1c(NCCc2ccccn2)nc2ccncc2n1Cc1ccccc1. The minimum Gasteiger partial charge on any atom is -0.365 e. The summed E-state index contributed by atoms with van der Waals surface area (Å²) in [7, 11) is 0. The predicted octanol–water partition coefficient (Wildman–Crippen LogP) is 2.89. The number of aromatic nitrogens is 4. The summed E-state index contributed by atoms with van der Waals surface area (Å²) in [5, 5.41) is 3.17. The Bertz CT molecular complexity index is 1090. The number of fused-ring (bicyclic) bond motifs is 1. The molecule has 0 fully saturated rings. The molecular weight excluding hydrogens is 338 g/mol. The van der Waals surface area contributed by atoms with Gasteiger partial charge in [0.2, 0.25) is 0 Å². The molecular formula is C21H19N5O. The van der Waals surface area contributed by atoms with E-state index < -0.39 is 0 Å². The summed E-state index contributed by atoms with van der Waals surface area (Å²) in [6.07, 6.45) is 5.85. The van der Waals surface area contributed by atoms with Crippen molar-refractivity contribution < 1.29 is 0 Å². The predicted molar refractivity (Wildman–Crippen MR) is 106 cm³/mol. The molecule has 6 heteroatoms. The molecule has 6 nitrogen and oxygen atoms in total. The number of anilines is 1. The second kappa shape index (κ2) is 7.78. The van der Waals surface area contributed by atoms with Crippen LogP contribution in [0.25, 0.3) is 11.0 Å². The van der Waals surface area contributed by atoms with Crippen LogP contribution in [-0.2, 0) is 13.0 Å². The highest BCUT2D eigenvalue weighted by molar-refractivity contribution is 5.75. The van der Waals surface area contributed by atoms with Crippen molar-refractivity contribution in [2.45, 2.75) is 13.0 Å². The van der Waals surface area contributed by atoms with Crippen LogP contribution in [0.3, 0.4) is 0 Å². The van der Waals surface area contributed by atoms with Crippen molar-refractivity contribution in [2.75, 3.05) is 11.9 Å². The van der Waals surface area contributed by atoms with Crippen LogP contribution in [0.1, 0.15) is 11.3 Å². The summed E-state index contributed by atoms with van der Waals surface area (Å²) in [6, 6.07) is 17.5. The Morgan fingerprint density at radius 3 is 2.63 bits per heavy atom. The van der Waals surface area contributed by atoms with Gasteiger partial charge < -0.3 is 5.32 Å². The van der Waals surface area contributed by atoms with E-state index in [1.54, 1.807) is 23.2 Å². The molecule has 1 aromatic carbocycles. The largest absolute Gasteiger partial charge is 0.365 e. The summed E-state index contributed by atoms with van der Waals surface area (Å²) in [5.41, 5.74) is 3.33. The minimum absolute atomic E-state index is 0.152. The molecule has 134 valence electrons. The lowest BCUT2D eigenvalue weighted by Gasteiger charge is -2.13. The number of pyridine rings is 2. The van der Waals surface area contributed by atoms with Gasteiger partial charge in [-0.2, -0.15) is 0 Å². The Balaban J connectivity index is 1.65. The van der Waals surface area contributed by atoms with Crippen molar-refractivity contribution >= 4 is 16.9 Å². The van der Waals surface area contributed by atoms with E-state index in [-0.39, 0.29) is 5.56 Å². The molecule has 0 aliphatic carbocycles. The average Bonchev–Trinajstić information content (AvgIpc) is 2.72. The molecule has 4 rings (SSSR count). The van der Waals surface area contributed by atoms with Crippen LogP contribution in [-0.4, -0.2) is 26.1 Å². The Hall–Kier alpha value is -3.54. The van der Waals surface area contributed by atoms with Crippen LogP contribution in [0.5, 0.6) is 0 Å². The fourth-order valence-electron chi connectivity index (χ4n) is 2.98. The van der Waals surface area contributed by atoms with Crippen LogP contribution in [0.4, 0.5) is 5.82 Å². The third kappa shape index (κ3) is 3.84. The molecule has 1 N–H and O–H groups in total. The zero-order valence-electron chi connectivity index (χ0n) is 14.7. The lowest BCUT2D eigenvalue weighted by Crippen LogP contribution is -2.26. The van der Waals surface area contributed by atoms with E-state index in [0.29, 0.717) is 18.9 Å². The standard InChI is InChI=1S/C21H19N5O/c27-21-20(24-13-9-17-8-4-5-11-23-17)25-18-10-12-22-14-19(18)26(21)15-16-6-2-1-3-7-16/h1-8,10-12,14H,9,13,15H2,(H,24,25). The molecule has 0 aliphatic heterocycles. The van der Waals surface area contributed by atoms with E-state index in [9.17, 15) is 4.79 Å². The van der Waals surface area contributed by atoms with Gasteiger partial charge >= 0.3 is 0 Å². The Labute approximate surface area is 156 Å². The quantitative estimate of drug-likeness (QED) is 0.574. The smallest absolute Gasteiger partial charge is 0.294 e. The average molecular weight is 357 g/mol. The summed E-state index contributed by atoms with van der Waals surface area (Å²) in [5.74, 6) is 0.348.